The van der Waals surface area contributed by atoms with Crippen LogP contribution in [0.15, 0.2) is 18.2 Å². The number of anilines is 1. The molecule has 0 saturated heterocycles. The SMILES string of the molecule is CC(C)(C)C(=O)NCC(=O)Nc1nc2ccc(Cl)cc2s1. The lowest BCUT2D eigenvalue weighted by Crippen LogP contribution is -2.39. The largest absolute Gasteiger partial charge is 0.347 e. The quantitative estimate of drug-likeness (QED) is 0.911. The molecule has 0 aliphatic rings. The minimum Gasteiger partial charge on any atom is -0.347 e. The van der Waals surface area contributed by atoms with Gasteiger partial charge in [0, 0.05) is 10.4 Å². The second-order valence-corrected chi connectivity index (χ2v) is 7.08. The van der Waals surface area contributed by atoms with Crippen LogP contribution in [-0.2, 0) is 9.59 Å². The second-order valence-electron chi connectivity index (χ2n) is 5.61. The van der Waals surface area contributed by atoms with E-state index in [-0.39, 0.29) is 18.4 Å². The van der Waals surface area contributed by atoms with Gasteiger partial charge >= 0.3 is 0 Å². The molecule has 7 heteroatoms. The van der Waals surface area contributed by atoms with E-state index in [1.165, 1.54) is 11.3 Å². The number of hydrogen-bond acceptors (Lipinski definition) is 4. The van der Waals surface area contributed by atoms with Crippen LogP contribution in [-0.4, -0.2) is 23.3 Å². The van der Waals surface area contributed by atoms with Crippen LogP contribution in [0.4, 0.5) is 5.13 Å². The number of benzene rings is 1. The van der Waals surface area contributed by atoms with Crippen LogP contribution >= 0.6 is 22.9 Å². The first kappa shape index (κ1) is 15.7. The Balaban J connectivity index is 1.97. The monoisotopic (exact) mass is 325 g/mol. The van der Waals surface area contributed by atoms with Crippen molar-refractivity contribution in [1.29, 1.82) is 0 Å². The van der Waals surface area contributed by atoms with Gasteiger partial charge in [-0.1, -0.05) is 43.7 Å². The molecule has 2 aromatic rings. The zero-order chi connectivity index (χ0) is 15.6. The van der Waals surface area contributed by atoms with E-state index in [4.69, 9.17) is 11.6 Å². The Morgan fingerprint density at radius 1 is 1.33 bits per heavy atom. The van der Waals surface area contributed by atoms with Crippen LogP contribution in [0.5, 0.6) is 0 Å². The van der Waals surface area contributed by atoms with E-state index >= 15 is 0 Å². The third-order valence-electron chi connectivity index (χ3n) is 2.69. The number of rotatable bonds is 3. The first-order valence-electron chi connectivity index (χ1n) is 6.40. The highest BCUT2D eigenvalue weighted by Crippen LogP contribution is 2.28. The van der Waals surface area contributed by atoms with Crippen LogP contribution < -0.4 is 10.6 Å². The van der Waals surface area contributed by atoms with Crippen molar-refractivity contribution in [2.24, 2.45) is 5.41 Å². The number of amides is 2. The van der Waals surface area contributed by atoms with E-state index in [1.54, 1.807) is 39.0 Å². The number of carbonyl (C=O) groups excluding carboxylic acids is 2. The van der Waals surface area contributed by atoms with Crippen molar-refractivity contribution < 1.29 is 9.59 Å². The fourth-order valence-electron chi connectivity index (χ4n) is 1.54. The van der Waals surface area contributed by atoms with Crippen molar-refractivity contribution in [2.45, 2.75) is 20.8 Å². The van der Waals surface area contributed by atoms with E-state index in [2.05, 4.69) is 15.6 Å². The Bertz CT molecular complexity index is 691. The molecule has 0 unspecified atom stereocenters. The van der Waals surface area contributed by atoms with E-state index in [1.807, 2.05) is 0 Å². The minimum atomic E-state index is -0.521. The van der Waals surface area contributed by atoms with Gasteiger partial charge in [0.1, 0.15) is 0 Å². The van der Waals surface area contributed by atoms with Crippen LogP contribution in [0.25, 0.3) is 10.2 Å². The predicted octanol–water partition coefficient (Wildman–Crippen LogP) is 3.05. The number of halogens is 1. The molecule has 112 valence electrons. The molecule has 1 heterocycles. The number of hydrogen-bond donors (Lipinski definition) is 2. The molecule has 2 rings (SSSR count). The molecule has 2 amide bonds. The van der Waals surface area contributed by atoms with Gasteiger partial charge in [0.15, 0.2) is 5.13 Å². The summed E-state index contributed by atoms with van der Waals surface area (Å²) in [7, 11) is 0. The van der Waals surface area contributed by atoms with Crippen molar-refractivity contribution in [1.82, 2.24) is 10.3 Å². The number of fused-ring (bicyclic) bond motifs is 1. The average molecular weight is 326 g/mol. The molecule has 0 bridgehead atoms. The Morgan fingerprint density at radius 2 is 2.05 bits per heavy atom. The van der Waals surface area contributed by atoms with Gasteiger partial charge in [-0.3, -0.25) is 9.59 Å². The summed E-state index contributed by atoms with van der Waals surface area (Å²) in [5.41, 5.74) is 0.255. The molecule has 0 saturated carbocycles. The summed E-state index contributed by atoms with van der Waals surface area (Å²) in [4.78, 5) is 27.8. The van der Waals surface area contributed by atoms with Crippen molar-refractivity contribution in [3.63, 3.8) is 0 Å². The molecule has 0 fully saturated rings. The Morgan fingerprint density at radius 3 is 2.71 bits per heavy atom. The van der Waals surface area contributed by atoms with Gasteiger partial charge < -0.3 is 10.6 Å². The van der Waals surface area contributed by atoms with Gasteiger partial charge in [-0.05, 0) is 18.2 Å². The molecule has 5 nitrogen and oxygen atoms in total. The van der Waals surface area contributed by atoms with Crippen molar-refractivity contribution >= 4 is 50.1 Å². The molecular weight excluding hydrogens is 310 g/mol. The number of nitrogens with zero attached hydrogens (tertiary/aromatic N) is 1. The first-order valence-corrected chi connectivity index (χ1v) is 7.59. The summed E-state index contributed by atoms with van der Waals surface area (Å²) in [6.07, 6.45) is 0. The highest BCUT2D eigenvalue weighted by atomic mass is 35.5. The molecule has 0 atom stereocenters. The molecule has 1 aromatic carbocycles. The molecule has 0 aliphatic carbocycles. The Hall–Kier alpha value is -1.66. The summed E-state index contributed by atoms with van der Waals surface area (Å²) in [6.45, 7) is 5.29. The maximum atomic E-state index is 11.8. The van der Waals surface area contributed by atoms with Gasteiger partial charge in [-0.2, -0.15) is 0 Å². The number of aromatic nitrogens is 1. The van der Waals surface area contributed by atoms with Gasteiger partial charge in [-0.25, -0.2) is 4.98 Å². The lowest BCUT2D eigenvalue weighted by molar-refractivity contribution is -0.130. The molecule has 0 aliphatic heterocycles. The summed E-state index contributed by atoms with van der Waals surface area (Å²) >= 11 is 7.24. The standard InChI is InChI=1S/C14H16ClN3O2S/c1-14(2,3)12(20)16-7-11(19)18-13-17-9-5-4-8(15)6-10(9)21-13/h4-6H,7H2,1-3H3,(H,16,20)(H,17,18,19). The lowest BCUT2D eigenvalue weighted by Gasteiger charge is -2.17. The molecule has 0 spiro atoms. The van der Waals surface area contributed by atoms with E-state index in [0.29, 0.717) is 10.2 Å². The van der Waals surface area contributed by atoms with Gasteiger partial charge in [-0.15, -0.1) is 0 Å². The van der Waals surface area contributed by atoms with Crippen molar-refractivity contribution in [3.8, 4) is 0 Å². The number of nitrogens with one attached hydrogen (secondary N) is 2. The zero-order valence-corrected chi connectivity index (χ0v) is 13.6. The molecule has 2 N–H and O–H groups in total. The minimum absolute atomic E-state index is 0.0766. The summed E-state index contributed by atoms with van der Waals surface area (Å²) in [6, 6.07) is 5.34. The van der Waals surface area contributed by atoms with Gasteiger partial charge in [0.05, 0.1) is 16.8 Å². The second kappa shape index (κ2) is 5.99. The Kier molecular flexibility index (Phi) is 4.49. The van der Waals surface area contributed by atoms with E-state index in [9.17, 15) is 9.59 Å². The molecule has 21 heavy (non-hydrogen) atoms. The zero-order valence-electron chi connectivity index (χ0n) is 12.0. The van der Waals surface area contributed by atoms with Crippen LogP contribution in [0.2, 0.25) is 5.02 Å². The fraction of sp³-hybridized carbons (Fsp3) is 0.357. The van der Waals surface area contributed by atoms with Gasteiger partial charge in [0.25, 0.3) is 0 Å². The highest BCUT2D eigenvalue weighted by Gasteiger charge is 2.21. The molecule has 1 aromatic heterocycles. The third kappa shape index (κ3) is 4.15. The Labute approximate surface area is 131 Å². The molecular formula is C14H16ClN3O2S. The van der Waals surface area contributed by atoms with Crippen LogP contribution in [0.1, 0.15) is 20.8 Å². The van der Waals surface area contributed by atoms with Crippen molar-refractivity contribution in [2.75, 3.05) is 11.9 Å². The predicted molar refractivity (Wildman–Crippen MR) is 85.7 cm³/mol. The van der Waals surface area contributed by atoms with Crippen LogP contribution in [0.3, 0.4) is 0 Å². The van der Waals surface area contributed by atoms with Crippen molar-refractivity contribution in [3.05, 3.63) is 23.2 Å². The topological polar surface area (TPSA) is 71.1 Å². The smallest absolute Gasteiger partial charge is 0.245 e. The highest BCUT2D eigenvalue weighted by molar-refractivity contribution is 7.22. The normalized spacial score (nSPS) is 11.4. The first-order chi connectivity index (χ1) is 9.75. The third-order valence-corrected chi connectivity index (χ3v) is 3.86. The lowest BCUT2D eigenvalue weighted by atomic mass is 9.96. The summed E-state index contributed by atoms with van der Waals surface area (Å²) in [5, 5.41) is 6.37. The van der Waals surface area contributed by atoms with Crippen LogP contribution in [0, 0.1) is 5.41 Å². The summed E-state index contributed by atoms with van der Waals surface area (Å²) < 4.78 is 0.900. The number of carbonyl (C=O) groups is 2. The average Bonchev–Trinajstić information content (AvgIpc) is 2.75. The fourth-order valence-corrected chi connectivity index (χ4v) is 2.70. The summed E-state index contributed by atoms with van der Waals surface area (Å²) in [5.74, 6) is -0.480. The maximum absolute atomic E-state index is 11.8. The number of thiazole rings is 1. The molecule has 0 radical (unpaired) electrons. The van der Waals surface area contributed by atoms with Gasteiger partial charge in [0.2, 0.25) is 11.8 Å². The van der Waals surface area contributed by atoms with E-state index < -0.39 is 5.41 Å². The van der Waals surface area contributed by atoms with E-state index in [0.717, 1.165) is 10.2 Å². The maximum Gasteiger partial charge on any atom is 0.245 e.